The molecule has 0 aromatic rings. The topological polar surface area (TPSA) is 21.3 Å². The van der Waals surface area contributed by atoms with Crippen LogP contribution in [0.4, 0.5) is 0 Å². The van der Waals surface area contributed by atoms with Crippen molar-refractivity contribution in [2.45, 2.75) is 38.2 Å². The molecule has 1 heterocycles. The second kappa shape index (κ2) is 5.52. The van der Waals surface area contributed by atoms with Crippen LogP contribution in [-0.2, 0) is 4.74 Å². The van der Waals surface area contributed by atoms with Crippen LogP contribution in [0, 0.1) is 5.92 Å². The van der Waals surface area contributed by atoms with Gasteiger partial charge in [0.15, 0.2) is 0 Å². The fourth-order valence-electron chi connectivity index (χ4n) is 2.25. The van der Waals surface area contributed by atoms with E-state index in [0.29, 0.717) is 6.10 Å². The molecule has 2 unspecified atom stereocenters. The molecule has 0 radical (unpaired) electrons. The summed E-state index contributed by atoms with van der Waals surface area (Å²) < 4.78 is 5.90. The number of allylic oxidation sites excluding steroid dienone is 1. The van der Waals surface area contributed by atoms with Crippen molar-refractivity contribution in [1.82, 2.24) is 5.32 Å². The standard InChI is InChI=1S/C12H21NO/c1-2-6-12(7-3-1)14-10-11-5-4-8-13-9-11/h2,6,11-13H,1,3-5,7-10H2. The third-order valence-electron chi connectivity index (χ3n) is 3.16. The first-order valence-electron chi connectivity index (χ1n) is 5.94. The maximum atomic E-state index is 5.90. The van der Waals surface area contributed by atoms with Crippen LogP contribution >= 0.6 is 0 Å². The van der Waals surface area contributed by atoms with Gasteiger partial charge in [0.1, 0.15) is 0 Å². The zero-order valence-electron chi connectivity index (χ0n) is 8.87. The van der Waals surface area contributed by atoms with Crippen LogP contribution in [0.25, 0.3) is 0 Å². The highest BCUT2D eigenvalue weighted by Gasteiger charge is 2.15. The summed E-state index contributed by atoms with van der Waals surface area (Å²) in [5.74, 6) is 0.749. The molecule has 2 rings (SSSR count). The van der Waals surface area contributed by atoms with Crippen molar-refractivity contribution in [1.29, 1.82) is 0 Å². The van der Waals surface area contributed by atoms with E-state index in [1.54, 1.807) is 0 Å². The summed E-state index contributed by atoms with van der Waals surface area (Å²) in [5.41, 5.74) is 0. The third-order valence-corrected chi connectivity index (χ3v) is 3.16. The zero-order valence-corrected chi connectivity index (χ0v) is 8.87. The zero-order chi connectivity index (χ0) is 9.64. The largest absolute Gasteiger partial charge is 0.374 e. The quantitative estimate of drug-likeness (QED) is 0.696. The predicted molar refractivity (Wildman–Crippen MR) is 58.3 cm³/mol. The molecular weight excluding hydrogens is 174 g/mol. The summed E-state index contributed by atoms with van der Waals surface area (Å²) in [6, 6.07) is 0. The lowest BCUT2D eigenvalue weighted by Crippen LogP contribution is -2.33. The van der Waals surface area contributed by atoms with Crippen LogP contribution < -0.4 is 5.32 Å². The number of ether oxygens (including phenoxy) is 1. The molecule has 80 valence electrons. The molecule has 1 saturated heterocycles. The maximum Gasteiger partial charge on any atom is 0.0756 e. The van der Waals surface area contributed by atoms with Crippen molar-refractivity contribution in [3.05, 3.63) is 12.2 Å². The molecule has 1 aliphatic heterocycles. The molecule has 2 aliphatic rings. The number of hydrogen-bond acceptors (Lipinski definition) is 2. The van der Waals surface area contributed by atoms with Gasteiger partial charge in [-0.3, -0.25) is 0 Å². The Labute approximate surface area is 86.7 Å². The van der Waals surface area contributed by atoms with Gasteiger partial charge < -0.3 is 10.1 Å². The van der Waals surface area contributed by atoms with Crippen molar-refractivity contribution in [3.8, 4) is 0 Å². The third kappa shape index (κ3) is 3.10. The van der Waals surface area contributed by atoms with Gasteiger partial charge in [-0.25, -0.2) is 0 Å². The van der Waals surface area contributed by atoms with Crippen LogP contribution in [0.3, 0.4) is 0 Å². The van der Waals surface area contributed by atoms with Gasteiger partial charge in [0.05, 0.1) is 12.7 Å². The summed E-state index contributed by atoms with van der Waals surface area (Å²) in [6.07, 6.45) is 11.3. The number of nitrogens with one attached hydrogen (secondary N) is 1. The van der Waals surface area contributed by atoms with Crippen molar-refractivity contribution < 1.29 is 4.74 Å². The summed E-state index contributed by atoms with van der Waals surface area (Å²) >= 11 is 0. The van der Waals surface area contributed by atoms with Gasteiger partial charge in [-0.2, -0.15) is 0 Å². The van der Waals surface area contributed by atoms with E-state index in [2.05, 4.69) is 17.5 Å². The Morgan fingerprint density at radius 2 is 2.29 bits per heavy atom. The lowest BCUT2D eigenvalue weighted by molar-refractivity contribution is 0.0426. The number of piperidine rings is 1. The van der Waals surface area contributed by atoms with E-state index in [1.807, 2.05) is 0 Å². The average Bonchev–Trinajstić information content (AvgIpc) is 2.29. The fraction of sp³-hybridized carbons (Fsp3) is 0.833. The van der Waals surface area contributed by atoms with Crippen LogP contribution in [0.15, 0.2) is 12.2 Å². The van der Waals surface area contributed by atoms with Crippen molar-refractivity contribution in [3.63, 3.8) is 0 Å². The van der Waals surface area contributed by atoms with Crippen molar-refractivity contribution in [2.24, 2.45) is 5.92 Å². The Balaban J connectivity index is 1.65. The van der Waals surface area contributed by atoms with E-state index in [4.69, 9.17) is 4.74 Å². The Kier molecular flexibility index (Phi) is 4.02. The van der Waals surface area contributed by atoms with Gasteiger partial charge in [-0.1, -0.05) is 12.2 Å². The van der Waals surface area contributed by atoms with Crippen LogP contribution in [-0.4, -0.2) is 25.8 Å². The Hall–Kier alpha value is -0.340. The first-order valence-corrected chi connectivity index (χ1v) is 5.94. The molecule has 0 amide bonds. The second-order valence-corrected chi connectivity index (χ2v) is 4.44. The molecule has 0 bridgehead atoms. The molecule has 2 nitrogen and oxygen atoms in total. The summed E-state index contributed by atoms with van der Waals surface area (Å²) in [6.45, 7) is 3.29. The van der Waals surface area contributed by atoms with E-state index in [9.17, 15) is 0 Å². The first-order chi connectivity index (χ1) is 6.95. The summed E-state index contributed by atoms with van der Waals surface area (Å²) in [5, 5.41) is 3.42. The Morgan fingerprint density at radius 1 is 1.29 bits per heavy atom. The monoisotopic (exact) mass is 195 g/mol. The van der Waals surface area contributed by atoms with Gasteiger partial charge in [-0.15, -0.1) is 0 Å². The second-order valence-electron chi connectivity index (χ2n) is 4.44. The molecule has 0 aromatic heterocycles. The van der Waals surface area contributed by atoms with E-state index in [-0.39, 0.29) is 0 Å². The van der Waals surface area contributed by atoms with Crippen LogP contribution in [0.1, 0.15) is 32.1 Å². The fourth-order valence-corrected chi connectivity index (χ4v) is 2.25. The molecular formula is C12H21NO. The van der Waals surface area contributed by atoms with Crippen molar-refractivity contribution >= 4 is 0 Å². The SMILES string of the molecule is C1=CC(OCC2CCCNC2)CCC1. The Morgan fingerprint density at radius 3 is 3.00 bits per heavy atom. The van der Waals surface area contributed by atoms with Gasteiger partial charge in [-0.05, 0) is 44.6 Å². The molecule has 0 aromatic carbocycles. The average molecular weight is 195 g/mol. The van der Waals surface area contributed by atoms with Gasteiger partial charge in [0.2, 0.25) is 0 Å². The minimum absolute atomic E-state index is 0.408. The molecule has 1 fully saturated rings. The normalized spacial score (nSPS) is 33.1. The summed E-state index contributed by atoms with van der Waals surface area (Å²) in [7, 11) is 0. The molecule has 0 saturated carbocycles. The minimum Gasteiger partial charge on any atom is -0.374 e. The lowest BCUT2D eigenvalue weighted by atomic mass is 10.0. The van der Waals surface area contributed by atoms with Gasteiger partial charge in [0, 0.05) is 6.54 Å². The number of hydrogen-bond donors (Lipinski definition) is 1. The van der Waals surface area contributed by atoms with Gasteiger partial charge in [0.25, 0.3) is 0 Å². The van der Waals surface area contributed by atoms with E-state index in [0.717, 1.165) is 19.1 Å². The molecule has 1 aliphatic carbocycles. The predicted octanol–water partition coefficient (Wildman–Crippen LogP) is 2.11. The number of rotatable bonds is 3. The minimum atomic E-state index is 0.408. The Bertz CT molecular complexity index is 185. The van der Waals surface area contributed by atoms with E-state index < -0.39 is 0 Å². The lowest BCUT2D eigenvalue weighted by Gasteiger charge is -2.25. The van der Waals surface area contributed by atoms with Crippen LogP contribution in [0.2, 0.25) is 0 Å². The highest BCUT2D eigenvalue weighted by Crippen LogP contribution is 2.16. The molecule has 2 heteroatoms. The van der Waals surface area contributed by atoms with Gasteiger partial charge >= 0.3 is 0 Å². The summed E-state index contributed by atoms with van der Waals surface area (Å²) in [4.78, 5) is 0. The van der Waals surface area contributed by atoms with E-state index in [1.165, 1.54) is 38.6 Å². The van der Waals surface area contributed by atoms with E-state index >= 15 is 0 Å². The highest BCUT2D eigenvalue weighted by molar-refractivity contribution is 4.94. The van der Waals surface area contributed by atoms with Crippen molar-refractivity contribution in [2.75, 3.05) is 19.7 Å². The maximum absolute atomic E-state index is 5.90. The highest BCUT2D eigenvalue weighted by atomic mass is 16.5. The molecule has 1 N–H and O–H groups in total. The molecule has 0 spiro atoms. The van der Waals surface area contributed by atoms with Crippen LogP contribution in [0.5, 0.6) is 0 Å². The molecule has 2 atom stereocenters. The molecule has 14 heavy (non-hydrogen) atoms. The smallest absolute Gasteiger partial charge is 0.0756 e. The first kappa shape index (κ1) is 10.2.